The molecule has 2 N–H and O–H groups in total. The number of rotatable bonds is 2. The number of nitrogen functional groups attached to an aromatic ring is 1. The van der Waals surface area contributed by atoms with Gasteiger partial charge in [-0.15, -0.1) is 0 Å². The van der Waals surface area contributed by atoms with Gasteiger partial charge in [-0.05, 0) is 40.2 Å². The van der Waals surface area contributed by atoms with Gasteiger partial charge >= 0.3 is 0 Å². The van der Waals surface area contributed by atoms with E-state index in [4.69, 9.17) is 5.73 Å². The molecule has 0 amide bonds. The van der Waals surface area contributed by atoms with Crippen molar-refractivity contribution in [1.82, 2.24) is 14.8 Å². The van der Waals surface area contributed by atoms with Gasteiger partial charge < -0.3 is 5.73 Å². The van der Waals surface area contributed by atoms with E-state index in [9.17, 15) is 4.39 Å². The van der Waals surface area contributed by atoms with Crippen molar-refractivity contribution in [2.75, 3.05) is 5.73 Å². The second kappa shape index (κ2) is 5.29. The Labute approximate surface area is 129 Å². The van der Waals surface area contributed by atoms with Crippen LogP contribution in [0.25, 0.3) is 22.4 Å². The molecule has 0 radical (unpaired) electrons. The van der Waals surface area contributed by atoms with E-state index in [1.54, 1.807) is 30.2 Å². The lowest BCUT2D eigenvalue weighted by atomic mass is 10.0. The molecule has 0 saturated heterocycles. The Morgan fingerprint density at radius 1 is 1.29 bits per heavy atom. The van der Waals surface area contributed by atoms with Crippen LogP contribution in [0.5, 0.6) is 0 Å². The fourth-order valence-corrected chi connectivity index (χ4v) is 2.74. The van der Waals surface area contributed by atoms with Crippen LogP contribution in [-0.4, -0.2) is 14.8 Å². The second-order valence-corrected chi connectivity index (χ2v) is 5.45. The zero-order valence-electron chi connectivity index (χ0n) is 11.2. The van der Waals surface area contributed by atoms with Crippen molar-refractivity contribution in [2.45, 2.75) is 0 Å². The van der Waals surface area contributed by atoms with Gasteiger partial charge in [0, 0.05) is 35.0 Å². The first kappa shape index (κ1) is 13.8. The van der Waals surface area contributed by atoms with Crippen LogP contribution in [0.3, 0.4) is 0 Å². The predicted octanol–water partition coefficient (Wildman–Crippen LogP) is 3.63. The molecular weight excluding hydrogens is 335 g/mol. The molecule has 0 spiro atoms. The number of anilines is 1. The van der Waals surface area contributed by atoms with E-state index in [0.29, 0.717) is 16.0 Å². The Balaban J connectivity index is 2.27. The zero-order valence-corrected chi connectivity index (χ0v) is 12.8. The molecule has 6 heteroatoms. The van der Waals surface area contributed by atoms with Crippen LogP contribution in [0.1, 0.15) is 0 Å². The maximum absolute atomic E-state index is 13.3. The van der Waals surface area contributed by atoms with Gasteiger partial charge in [0.1, 0.15) is 17.3 Å². The maximum Gasteiger partial charge on any atom is 0.129 e. The molecule has 1 aromatic carbocycles. The van der Waals surface area contributed by atoms with Gasteiger partial charge in [-0.2, -0.15) is 5.10 Å². The van der Waals surface area contributed by atoms with E-state index in [2.05, 4.69) is 26.0 Å². The van der Waals surface area contributed by atoms with E-state index in [1.165, 1.54) is 12.1 Å². The molecule has 3 aromatic rings. The molecule has 21 heavy (non-hydrogen) atoms. The second-order valence-electron chi connectivity index (χ2n) is 4.60. The van der Waals surface area contributed by atoms with E-state index < -0.39 is 0 Å². The van der Waals surface area contributed by atoms with E-state index in [1.807, 2.05) is 12.1 Å². The maximum atomic E-state index is 13.3. The highest BCUT2D eigenvalue weighted by atomic mass is 79.9. The zero-order chi connectivity index (χ0) is 15.0. The number of aryl methyl sites for hydroxylation is 1. The van der Waals surface area contributed by atoms with Crippen molar-refractivity contribution in [3.05, 3.63) is 53.0 Å². The molecule has 2 heterocycles. The first-order chi connectivity index (χ1) is 10.1. The number of nitrogens with two attached hydrogens (primary N) is 1. The van der Waals surface area contributed by atoms with Crippen LogP contribution in [-0.2, 0) is 7.05 Å². The summed E-state index contributed by atoms with van der Waals surface area (Å²) in [5.41, 5.74) is 9.27. The van der Waals surface area contributed by atoms with E-state index in [0.717, 1.165) is 16.7 Å². The summed E-state index contributed by atoms with van der Waals surface area (Å²) < 4.78 is 15.5. The topological polar surface area (TPSA) is 56.7 Å². The number of hydrogen-bond acceptors (Lipinski definition) is 3. The minimum atomic E-state index is -0.308. The standard InChI is InChI=1S/C15H12BrFN4/c1-21-15(18)13(9-3-2-6-19-8-9)14(20-21)11-5-4-10(17)7-12(11)16/h2-8H,18H2,1H3. The van der Waals surface area contributed by atoms with Crippen molar-refractivity contribution >= 4 is 21.7 Å². The SMILES string of the molecule is Cn1nc(-c2ccc(F)cc2Br)c(-c2cccnc2)c1N. The summed E-state index contributed by atoms with van der Waals surface area (Å²) in [6.45, 7) is 0. The molecule has 4 nitrogen and oxygen atoms in total. The number of halogens is 2. The Hall–Kier alpha value is -2.21. The summed E-state index contributed by atoms with van der Waals surface area (Å²) in [6, 6.07) is 8.25. The quantitative estimate of drug-likeness (QED) is 0.770. The number of nitrogens with zero attached hydrogens (tertiary/aromatic N) is 3. The largest absolute Gasteiger partial charge is 0.383 e. The van der Waals surface area contributed by atoms with Crippen molar-refractivity contribution < 1.29 is 4.39 Å². The fraction of sp³-hybridized carbons (Fsp3) is 0.0667. The summed E-state index contributed by atoms with van der Waals surface area (Å²) in [5.74, 6) is 0.228. The smallest absolute Gasteiger partial charge is 0.129 e. The van der Waals surface area contributed by atoms with Gasteiger partial charge in [0.25, 0.3) is 0 Å². The Kier molecular flexibility index (Phi) is 3.47. The minimum absolute atomic E-state index is 0.308. The van der Waals surface area contributed by atoms with E-state index in [-0.39, 0.29) is 5.82 Å². The molecular formula is C15H12BrFN4. The van der Waals surface area contributed by atoms with Crippen molar-refractivity contribution in [3.8, 4) is 22.4 Å². The normalized spacial score (nSPS) is 10.8. The van der Waals surface area contributed by atoms with Gasteiger partial charge in [-0.3, -0.25) is 9.67 Å². The Morgan fingerprint density at radius 2 is 2.10 bits per heavy atom. The summed E-state index contributed by atoms with van der Waals surface area (Å²) >= 11 is 3.38. The van der Waals surface area contributed by atoms with Crippen LogP contribution in [0.2, 0.25) is 0 Å². The fourth-order valence-electron chi connectivity index (χ4n) is 2.20. The van der Waals surface area contributed by atoms with Crippen LogP contribution in [0.4, 0.5) is 10.2 Å². The molecule has 2 aromatic heterocycles. The number of benzene rings is 1. The molecule has 0 saturated carbocycles. The summed E-state index contributed by atoms with van der Waals surface area (Å²) in [5, 5.41) is 4.46. The molecule has 0 aliphatic heterocycles. The number of hydrogen-bond donors (Lipinski definition) is 1. The molecule has 0 unspecified atom stereocenters. The lowest BCUT2D eigenvalue weighted by Crippen LogP contribution is -1.98. The van der Waals surface area contributed by atoms with E-state index >= 15 is 0 Å². The third-order valence-electron chi connectivity index (χ3n) is 3.23. The Bertz CT molecular complexity index is 799. The summed E-state index contributed by atoms with van der Waals surface area (Å²) in [4.78, 5) is 4.12. The van der Waals surface area contributed by atoms with Crippen LogP contribution in [0, 0.1) is 5.82 Å². The summed E-state index contributed by atoms with van der Waals surface area (Å²) in [7, 11) is 1.77. The van der Waals surface area contributed by atoms with Crippen LogP contribution >= 0.6 is 15.9 Å². The average molecular weight is 347 g/mol. The summed E-state index contributed by atoms with van der Waals surface area (Å²) in [6.07, 6.45) is 3.43. The third-order valence-corrected chi connectivity index (χ3v) is 3.88. The van der Waals surface area contributed by atoms with Gasteiger partial charge in [0.15, 0.2) is 0 Å². The highest BCUT2D eigenvalue weighted by molar-refractivity contribution is 9.10. The molecule has 0 aliphatic carbocycles. The molecule has 0 aliphatic rings. The first-order valence-corrected chi connectivity index (χ1v) is 7.05. The van der Waals surface area contributed by atoms with Crippen molar-refractivity contribution in [3.63, 3.8) is 0 Å². The van der Waals surface area contributed by atoms with Gasteiger partial charge in [-0.1, -0.05) is 6.07 Å². The molecule has 0 bridgehead atoms. The molecule has 0 atom stereocenters. The van der Waals surface area contributed by atoms with Crippen LogP contribution < -0.4 is 5.73 Å². The third kappa shape index (κ3) is 2.42. The monoisotopic (exact) mass is 346 g/mol. The lowest BCUT2D eigenvalue weighted by molar-refractivity contribution is 0.627. The predicted molar refractivity (Wildman–Crippen MR) is 83.9 cm³/mol. The number of aromatic nitrogens is 3. The Morgan fingerprint density at radius 3 is 2.76 bits per heavy atom. The molecule has 106 valence electrons. The highest BCUT2D eigenvalue weighted by Crippen LogP contribution is 2.38. The molecule has 0 fully saturated rings. The van der Waals surface area contributed by atoms with Gasteiger partial charge in [0.05, 0.1) is 5.56 Å². The van der Waals surface area contributed by atoms with Gasteiger partial charge in [0.2, 0.25) is 0 Å². The average Bonchev–Trinajstić information content (AvgIpc) is 2.75. The number of pyridine rings is 1. The molecule has 3 rings (SSSR count). The van der Waals surface area contributed by atoms with Crippen molar-refractivity contribution in [1.29, 1.82) is 0 Å². The van der Waals surface area contributed by atoms with Crippen LogP contribution in [0.15, 0.2) is 47.2 Å². The van der Waals surface area contributed by atoms with Gasteiger partial charge in [-0.25, -0.2) is 4.39 Å². The van der Waals surface area contributed by atoms with Crippen molar-refractivity contribution in [2.24, 2.45) is 7.05 Å². The lowest BCUT2D eigenvalue weighted by Gasteiger charge is -2.06. The minimum Gasteiger partial charge on any atom is -0.383 e. The highest BCUT2D eigenvalue weighted by Gasteiger charge is 2.19. The first-order valence-electron chi connectivity index (χ1n) is 6.26.